The van der Waals surface area contributed by atoms with Crippen LogP contribution in [-0.2, 0) is 18.9 Å². The van der Waals surface area contributed by atoms with E-state index in [1.165, 1.54) is 10.7 Å². The maximum atomic E-state index is 13.6. The zero-order valence-electron chi connectivity index (χ0n) is 29.3. The standard InChI is InChI=1S/C36H40N9O8P/c37-35-30(18-27(40-41-35)26-4-1-2-7-31(26)53-54(49,50)51)45-20-24(19-38-45)43-15-14-42(21-33(43)47)23-10-8-22(9-11-23)25-5-3-6-28-34(25)52-17-16-44(28)29-12-13-32(46)39-36(29)48/h1-7,18-20,22-23,29H,8-17,21H2,(H2,37,41)(H,39,46,48)(H2,49,50,51)/t22-,23-,29-/m0/s1. The summed E-state index contributed by atoms with van der Waals surface area (Å²) in [5.41, 5.74) is 9.76. The van der Waals surface area contributed by atoms with Crippen molar-refractivity contribution in [1.82, 2.24) is 30.2 Å². The highest BCUT2D eigenvalue weighted by Gasteiger charge is 2.38. The lowest BCUT2D eigenvalue weighted by atomic mass is 9.80. The Morgan fingerprint density at radius 1 is 0.944 bits per heavy atom. The van der Waals surface area contributed by atoms with E-state index in [1.54, 1.807) is 41.6 Å². The molecule has 8 rings (SSSR count). The summed E-state index contributed by atoms with van der Waals surface area (Å²) in [5.74, 6) is 0.616. The van der Waals surface area contributed by atoms with Crippen LogP contribution in [-0.4, -0.2) is 97.3 Å². The molecule has 2 aromatic carbocycles. The summed E-state index contributed by atoms with van der Waals surface area (Å²) in [5, 5.41) is 15.1. The second-order valence-electron chi connectivity index (χ2n) is 13.9. The average Bonchev–Trinajstić information content (AvgIpc) is 3.64. The molecule has 0 unspecified atom stereocenters. The normalized spacial score (nSPS) is 22.4. The number of nitrogen functional groups attached to an aromatic ring is 1. The fourth-order valence-electron chi connectivity index (χ4n) is 8.12. The number of rotatable bonds is 8. The lowest BCUT2D eigenvalue weighted by Gasteiger charge is -2.42. The highest BCUT2D eigenvalue weighted by molar-refractivity contribution is 7.46. The number of phosphoric acid groups is 1. The SMILES string of the molecule is Nc1nnc(-c2ccccc2OP(=O)(O)O)cc1-n1cc(N2CCN([C@H]3CC[C@H](c4cccc5c4OCCN5[C@H]4CCC(=O)NC4=O)CC3)CC2=O)cn1. The molecule has 0 bridgehead atoms. The Morgan fingerprint density at radius 2 is 1.76 bits per heavy atom. The number of para-hydroxylation sites is 2. The predicted molar refractivity (Wildman–Crippen MR) is 196 cm³/mol. The van der Waals surface area contributed by atoms with E-state index < -0.39 is 13.9 Å². The number of nitrogens with zero attached hydrogens (tertiary/aromatic N) is 7. The number of anilines is 3. The lowest BCUT2D eigenvalue weighted by Crippen LogP contribution is -2.54. The molecule has 2 saturated heterocycles. The molecule has 282 valence electrons. The number of fused-ring (bicyclic) bond motifs is 1. The number of carbonyl (C=O) groups is 3. The van der Waals surface area contributed by atoms with Crippen LogP contribution in [0.25, 0.3) is 16.9 Å². The van der Waals surface area contributed by atoms with E-state index in [1.807, 2.05) is 12.1 Å². The van der Waals surface area contributed by atoms with Gasteiger partial charge >= 0.3 is 7.82 Å². The molecule has 1 atom stereocenters. The number of piperidine rings is 1. The van der Waals surface area contributed by atoms with Gasteiger partial charge < -0.3 is 24.8 Å². The summed E-state index contributed by atoms with van der Waals surface area (Å²) in [4.78, 5) is 62.8. The molecule has 2 aromatic heterocycles. The summed E-state index contributed by atoms with van der Waals surface area (Å²) in [7, 11) is -4.83. The third-order valence-corrected chi connectivity index (χ3v) is 11.1. The molecular weight excluding hydrogens is 717 g/mol. The lowest BCUT2D eigenvalue weighted by molar-refractivity contribution is -0.134. The van der Waals surface area contributed by atoms with E-state index in [0.29, 0.717) is 61.9 Å². The first-order chi connectivity index (χ1) is 26.0. The molecule has 5 heterocycles. The maximum absolute atomic E-state index is 13.6. The van der Waals surface area contributed by atoms with Gasteiger partial charge in [-0.05, 0) is 67.9 Å². The number of benzene rings is 2. The third-order valence-electron chi connectivity index (χ3n) is 10.7. The van der Waals surface area contributed by atoms with E-state index in [2.05, 4.69) is 36.5 Å². The number of piperazine rings is 1. The van der Waals surface area contributed by atoms with Crippen LogP contribution in [0.1, 0.15) is 50.0 Å². The average molecular weight is 758 g/mol. The van der Waals surface area contributed by atoms with Crippen molar-refractivity contribution in [3.8, 4) is 28.4 Å². The van der Waals surface area contributed by atoms with Crippen molar-refractivity contribution >= 4 is 42.7 Å². The monoisotopic (exact) mass is 757 g/mol. The van der Waals surface area contributed by atoms with Crippen molar-refractivity contribution in [2.45, 2.75) is 56.5 Å². The molecule has 18 heteroatoms. The number of aromatic nitrogens is 4. The Labute approximate surface area is 310 Å². The van der Waals surface area contributed by atoms with Crippen molar-refractivity contribution in [1.29, 1.82) is 0 Å². The van der Waals surface area contributed by atoms with Gasteiger partial charge in [0.15, 0.2) is 5.82 Å². The van der Waals surface area contributed by atoms with Crippen molar-refractivity contribution in [3.05, 3.63) is 66.5 Å². The Hall–Kier alpha value is -5.35. The molecule has 3 amide bonds. The van der Waals surface area contributed by atoms with Gasteiger partial charge in [0.1, 0.15) is 29.8 Å². The van der Waals surface area contributed by atoms with Crippen LogP contribution in [0.5, 0.6) is 11.5 Å². The predicted octanol–water partition coefficient (Wildman–Crippen LogP) is 2.76. The number of hydrogen-bond donors (Lipinski definition) is 4. The van der Waals surface area contributed by atoms with Crippen molar-refractivity contribution in [2.24, 2.45) is 0 Å². The molecular formula is C36H40N9O8P. The Bertz CT molecular complexity index is 2150. The van der Waals surface area contributed by atoms with Crippen LogP contribution in [0.2, 0.25) is 0 Å². The van der Waals surface area contributed by atoms with Gasteiger partial charge in [-0.25, -0.2) is 9.25 Å². The minimum Gasteiger partial charge on any atom is -0.489 e. The molecule has 17 nitrogen and oxygen atoms in total. The fourth-order valence-corrected chi connectivity index (χ4v) is 8.54. The molecule has 0 radical (unpaired) electrons. The second kappa shape index (κ2) is 14.5. The molecule has 54 heavy (non-hydrogen) atoms. The summed E-state index contributed by atoms with van der Waals surface area (Å²) in [6, 6.07) is 13.9. The van der Waals surface area contributed by atoms with Gasteiger partial charge in [-0.3, -0.25) is 34.4 Å². The first-order valence-electron chi connectivity index (χ1n) is 18.0. The molecule has 4 aliphatic rings. The van der Waals surface area contributed by atoms with E-state index in [0.717, 1.165) is 42.7 Å². The summed E-state index contributed by atoms with van der Waals surface area (Å²) >= 11 is 0. The van der Waals surface area contributed by atoms with Crippen LogP contribution in [0.4, 0.5) is 17.2 Å². The van der Waals surface area contributed by atoms with Gasteiger partial charge in [-0.2, -0.15) is 5.10 Å². The third kappa shape index (κ3) is 7.14. The van der Waals surface area contributed by atoms with E-state index in [-0.39, 0.29) is 47.6 Å². The molecule has 0 spiro atoms. The largest absolute Gasteiger partial charge is 0.524 e. The topological polar surface area (TPSA) is 219 Å². The summed E-state index contributed by atoms with van der Waals surface area (Å²) in [6.45, 7) is 2.54. The number of amides is 3. The van der Waals surface area contributed by atoms with Gasteiger partial charge in [-0.1, -0.05) is 24.3 Å². The van der Waals surface area contributed by atoms with E-state index >= 15 is 0 Å². The molecule has 4 aromatic rings. The number of nitrogens with one attached hydrogen (secondary N) is 1. The first kappa shape index (κ1) is 35.7. The molecule has 5 N–H and O–H groups in total. The highest BCUT2D eigenvalue weighted by Crippen LogP contribution is 2.45. The van der Waals surface area contributed by atoms with Crippen LogP contribution in [0, 0.1) is 0 Å². The number of ether oxygens (including phenoxy) is 1. The number of carbonyl (C=O) groups excluding carboxylic acids is 3. The number of imide groups is 1. The van der Waals surface area contributed by atoms with E-state index in [9.17, 15) is 28.7 Å². The zero-order valence-corrected chi connectivity index (χ0v) is 30.2. The van der Waals surface area contributed by atoms with E-state index in [4.69, 9.17) is 15.0 Å². The smallest absolute Gasteiger partial charge is 0.489 e. The maximum Gasteiger partial charge on any atom is 0.524 e. The van der Waals surface area contributed by atoms with Crippen LogP contribution in [0.15, 0.2) is 60.9 Å². The highest BCUT2D eigenvalue weighted by atomic mass is 31.2. The van der Waals surface area contributed by atoms with Crippen molar-refractivity contribution in [3.63, 3.8) is 0 Å². The zero-order chi connectivity index (χ0) is 37.6. The number of phosphoric ester groups is 1. The van der Waals surface area contributed by atoms with Crippen LogP contribution >= 0.6 is 7.82 Å². The van der Waals surface area contributed by atoms with Crippen molar-refractivity contribution < 1.29 is 38.0 Å². The Balaban J connectivity index is 0.907. The summed E-state index contributed by atoms with van der Waals surface area (Å²) < 4.78 is 24.1. The van der Waals surface area contributed by atoms with Crippen LogP contribution in [0.3, 0.4) is 0 Å². The molecule has 3 aliphatic heterocycles. The Kier molecular flexibility index (Phi) is 9.56. The fraction of sp³-hybridized carbons (Fsp3) is 0.389. The van der Waals surface area contributed by atoms with Crippen molar-refractivity contribution in [2.75, 3.05) is 48.3 Å². The summed E-state index contributed by atoms with van der Waals surface area (Å²) in [6.07, 6.45) is 7.87. The minimum absolute atomic E-state index is 0.0352. The molecule has 3 fully saturated rings. The quantitative estimate of drug-likeness (QED) is 0.150. The Morgan fingerprint density at radius 3 is 2.54 bits per heavy atom. The second-order valence-corrected chi connectivity index (χ2v) is 15.1. The van der Waals surface area contributed by atoms with Gasteiger partial charge in [-0.15, -0.1) is 10.2 Å². The van der Waals surface area contributed by atoms with Crippen LogP contribution < -0.4 is 30.1 Å². The number of nitrogens with two attached hydrogens (primary N) is 1. The van der Waals surface area contributed by atoms with Gasteiger partial charge in [0.25, 0.3) is 0 Å². The molecule has 1 aliphatic carbocycles. The minimum atomic E-state index is -4.83. The van der Waals surface area contributed by atoms with Gasteiger partial charge in [0.2, 0.25) is 17.7 Å². The van der Waals surface area contributed by atoms with Gasteiger partial charge in [0.05, 0.1) is 42.6 Å². The number of hydrogen-bond acceptors (Lipinski definition) is 12. The van der Waals surface area contributed by atoms with Gasteiger partial charge in [0, 0.05) is 31.1 Å². The first-order valence-corrected chi connectivity index (χ1v) is 19.5. The molecule has 1 saturated carbocycles.